The van der Waals surface area contributed by atoms with Crippen molar-refractivity contribution in [3.8, 4) is 6.07 Å². The van der Waals surface area contributed by atoms with Crippen molar-refractivity contribution in [2.45, 2.75) is 6.92 Å². The summed E-state index contributed by atoms with van der Waals surface area (Å²) < 4.78 is 0. The van der Waals surface area contributed by atoms with Gasteiger partial charge in [0.2, 0.25) is 0 Å². The van der Waals surface area contributed by atoms with E-state index in [4.69, 9.17) is 10.7 Å². The molecule has 1 heterocycles. The van der Waals surface area contributed by atoms with Crippen molar-refractivity contribution in [3.63, 3.8) is 0 Å². The fourth-order valence-corrected chi connectivity index (χ4v) is 1.73. The molecule has 5 nitrogen and oxygen atoms in total. The Morgan fingerprint density at radius 3 is 2.44 bits per heavy atom. The van der Waals surface area contributed by atoms with Gasteiger partial charge < -0.3 is 10.3 Å². The molecule has 0 aromatic rings. The maximum Gasteiger partial charge on any atom is 0.169 e. The molecule has 0 aromatic carbocycles. The Morgan fingerprint density at radius 1 is 1.44 bits per heavy atom. The van der Waals surface area contributed by atoms with E-state index in [1.165, 1.54) is 6.92 Å². The van der Waals surface area contributed by atoms with Gasteiger partial charge in [-0.1, -0.05) is 0 Å². The predicted molar refractivity (Wildman–Crippen MR) is 61.4 cm³/mol. The van der Waals surface area contributed by atoms with Crippen LogP contribution in [-0.2, 0) is 4.79 Å². The van der Waals surface area contributed by atoms with Crippen LogP contribution in [0.1, 0.15) is 6.92 Å². The third kappa shape index (κ3) is 3.40. The molecule has 0 radical (unpaired) electrons. The van der Waals surface area contributed by atoms with E-state index in [1.807, 2.05) is 6.07 Å². The van der Waals surface area contributed by atoms with Gasteiger partial charge in [-0.15, -0.1) is 0 Å². The summed E-state index contributed by atoms with van der Waals surface area (Å²) in [6.45, 7) is 5.43. The molecule has 5 heteroatoms. The fraction of sp³-hybridized carbons (Fsp3) is 0.727. The van der Waals surface area contributed by atoms with Crippen molar-refractivity contribution in [1.29, 1.82) is 10.7 Å². The number of piperazine rings is 1. The van der Waals surface area contributed by atoms with Crippen molar-refractivity contribution in [1.82, 2.24) is 9.80 Å². The quantitative estimate of drug-likeness (QED) is 0.679. The second kappa shape index (κ2) is 5.73. The maximum absolute atomic E-state index is 11.7. The summed E-state index contributed by atoms with van der Waals surface area (Å²) >= 11 is 0. The molecule has 1 N–H and O–H groups in total. The third-order valence-electron chi connectivity index (χ3n) is 2.86. The van der Waals surface area contributed by atoms with Gasteiger partial charge in [0.05, 0.1) is 12.6 Å². The van der Waals surface area contributed by atoms with E-state index in [1.54, 1.807) is 0 Å². The van der Waals surface area contributed by atoms with E-state index < -0.39 is 5.92 Å². The van der Waals surface area contributed by atoms with Gasteiger partial charge in [0.15, 0.2) is 5.78 Å². The summed E-state index contributed by atoms with van der Waals surface area (Å²) in [6.07, 6.45) is 0. The van der Waals surface area contributed by atoms with E-state index in [9.17, 15) is 4.79 Å². The van der Waals surface area contributed by atoms with E-state index in [0.717, 1.165) is 26.2 Å². The van der Waals surface area contributed by atoms with Gasteiger partial charge in [-0.05, 0) is 14.0 Å². The van der Waals surface area contributed by atoms with Gasteiger partial charge in [0.25, 0.3) is 0 Å². The number of likely N-dealkylation sites (N-methyl/N-ethyl adjacent to an activating group) is 1. The number of nitrogens with zero attached hydrogens (tertiary/aromatic N) is 3. The lowest BCUT2D eigenvalue weighted by Gasteiger charge is -2.32. The van der Waals surface area contributed by atoms with Crippen LogP contribution < -0.4 is 0 Å². The van der Waals surface area contributed by atoms with Crippen LogP contribution in [0.3, 0.4) is 0 Å². The maximum atomic E-state index is 11.7. The molecule has 1 rings (SSSR count). The van der Waals surface area contributed by atoms with Crippen molar-refractivity contribution >= 4 is 11.5 Å². The van der Waals surface area contributed by atoms with Gasteiger partial charge in [-0.25, -0.2) is 0 Å². The summed E-state index contributed by atoms with van der Waals surface area (Å²) in [5.74, 6) is -1.01. The number of hydrogen-bond donors (Lipinski definition) is 1. The Bertz CT molecular complexity index is 312. The lowest BCUT2D eigenvalue weighted by atomic mass is 10.0. The molecule has 0 aromatic heterocycles. The molecule has 1 unspecified atom stereocenters. The number of ketones is 1. The smallest absolute Gasteiger partial charge is 0.169 e. The van der Waals surface area contributed by atoms with Crippen LogP contribution in [0.5, 0.6) is 0 Å². The first-order valence-corrected chi connectivity index (χ1v) is 5.43. The molecule has 0 bridgehead atoms. The molecule has 1 aliphatic rings. The molecule has 0 saturated carbocycles. The first-order chi connectivity index (χ1) is 7.54. The molecule has 0 spiro atoms. The topological polar surface area (TPSA) is 71.2 Å². The molecular weight excluding hydrogens is 204 g/mol. The lowest BCUT2D eigenvalue weighted by Crippen LogP contribution is -2.47. The summed E-state index contributed by atoms with van der Waals surface area (Å²) in [4.78, 5) is 16.0. The van der Waals surface area contributed by atoms with Crippen LogP contribution in [0, 0.1) is 22.7 Å². The molecule has 1 saturated heterocycles. The van der Waals surface area contributed by atoms with Gasteiger partial charge in [-0.2, -0.15) is 5.26 Å². The second-order valence-corrected chi connectivity index (χ2v) is 4.29. The standard InChI is InChI=1S/C11H18N4O/c1-9(13)10(7-12)11(16)8-15-5-3-14(2)4-6-15/h10,13H,3-6,8H2,1-2H3. The highest BCUT2D eigenvalue weighted by Crippen LogP contribution is 2.04. The Kier molecular flexibility index (Phi) is 4.59. The number of carbonyl (C=O) groups excluding carboxylic acids is 1. The highest BCUT2D eigenvalue weighted by atomic mass is 16.1. The number of Topliss-reactive ketones (excluding diaryl/α,β-unsaturated/α-hetero) is 1. The first kappa shape index (κ1) is 12.8. The van der Waals surface area contributed by atoms with Crippen molar-refractivity contribution in [2.75, 3.05) is 39.8 Å². The lowest BCUT2D eigenvalue weighted by molar-refractivity contribution is -0.121. The zero-order valence-corrected chi connectivity index (χ0v) is 9.86. The largest absolute Gasteiger partial charge is 0.308 e. The van der Waals surface area contributed by atoms with Crippen LogP contribution in [-0.4, -0.2) is 61.1 Å². The second-order valence-electron chi connectivity index (χ2n) is 4.29. The molecule has 1 aliphatic heterocycles. The van der Waals surface area contributed by atoms with E-state index in [2.05, 4.69) is 16.8 Å². The van der Waals surface area contributed by atoms with E-state index in [-0.39, 0.29) is 11.5 Å². The summed E-state index contributed by atoms with van der Waals surface area (Å²) in [6, 6.07) is 1.89. The van der Waals surface area contributed by atoms with Crippen molar-refractivity contribution in [2.24, 2.45) is 5.92 Å². The number of carbonyl (C=O) groups is 1. The van der Waals surface area contributed by atoms with Crippen LogP contribution in [0.25, 0.3) is 0 Å². The van der Waals surface area contributed by atoms with E-state index in [0.29, 0.717) is 6.54 Å². The summed E-state index contributed by atoms with van der Waals surface area (Å²) in [5.41, 5.74) is 0.140. The molecule has 1 atom stereocenters. The zero-order valence-electron chi connectivity index (χ0n) is 9.86. The average molecular weight is 222 g/mol. The van der Waals surface area contributed by atoms with Crippen LogP contribution >= 0.6 is 0 Å². The van der Waals surface area contributed by atoms with Gasteiger partial charge in [-0.3, -0.25) is 9.69 Å². The highest BCUT2D eigenvalue weighted by molar-refractivity contribution is 6.05. The summed E-state index contributed by atoms with van der Waals surface area (Å²) in [7, 11) is 2.05. The Morgan fingerprint density at radius 2 is 2.00 bits per heavy atom. The van der Waals surface area contributed by atoms with Crippen molar-refractivity contribution < 1.29 is 4.79 Å². The first-order valence-electron chi connectivity index (χ1n) is 5.43. The fourth-order valence-electron chi connectivity index (χ4n) is 1.73. The number of nitriles is 1. The zero-order chi connectivity index (χ0) is 12.1. The van der Waals surface area contributed by atoms with Crippen LogP contribution in [0.2, 0.25) is 0 Å². The molecule has 0 aliphatic carbocycles. The molecule has 1 fully saturated rings. The minimum Gasteiger partial charge on any atom is -0.308 e. The minimum atomic E-state index is -0.861. The summed E-state index contributed by atoms with van der Waals surface area (Å²) in [5, 5.41) is 16.2. The van der Waals surface area contributed by atoms with E-state index >= 15 is 0 Å². The number of nitrogens with one attached hydrogen (secondary N) is 1. The molecule has 0 amide bonds. The Labute approximate surface area is 96.1 Å². The van der Waals surface area contributed by atoms with Crippen molar-refractivity contribution in [3.05, 3.63) is 0 Å². The highest BCUT2D eigenvalue weighted by Gasteiger charge is 2.23. The third-order valence-corrected chi connectivity index (χ3v) is 2.86. The van der Waals surface area contributed by atoms with Gasteiger partial charge in [0.1, 0.15) is 5.92 Å². The monoisotopic (exact) mass is 222 g/mol. The Balaban J connectivity index is 2.45. The van der Waals surface area contributed by atoms with Crippen LogP contribution in [0.15, 0.2) is 0 Å². The van der Waals surface area contributed by atoms with Gasteiger partial charge >= 0.3 is 0 Å². The minimum absolute atomic E-state index is 0.140. The Hall–Kier alpha value is -1.25. The average Bonchev–Trinajstić information content (AvgIpc) is 2.22. The molecule has 88 valence electrons. The number of rotatable bonds is 4. The SMILES string of the molecule is CC(=N)C(C#N)C(=O)CN1CCN(C)CC1. The molecule has 16 heavy (non-hydrogen) atoms. The predicted octanol–water partition coefficient (Wildman–Crippen LogP) is -0.0176. The van der Waals surface area contributed by atoms with Gasteiger partial charge in [0, 0.05) is 31.9 Å². The molecular formula is C11H18N4O. The normalized spacial score (nSPS) is 20.1. The van der Waals surface area contributed by atoms with Crippen LogP contribution in [0.4, 0.5) is 0 Å². The number of hydrogen-bond acceptors (Lipinski definition) is 5.